The van der Waals surface area contributed by atoms with Crippen molar-refractivity contribution in [3.63, 3.8) is 0 Å². The Kier molecular flexibility index (Phi) is 7.34. The molecule has 0 aliphatic carbocycles. The van der Waals surface area contributed by atoms with Crippen LogP contribution in [0.1, 0.15) is 38.3 Å². The van der Waals surface area contributed by atoms with Crippen LogP contribution in [0.2, 0.25) is 0 Å². The number of carbonyl (C=O) groups excluding carboxylic acids is 1. The van der Waals surface area contributed by atoms with Gasteiger partial charge >= 0.3 is 18.4 Å². The van der Waals surface area contributed by atoms with E-state index in [1.807, 2.05) is 0 Å². The summed E-state index contributed by atoms with van der Waals surface area (Å²) in [6.45, 7) is 4.00. The zero-order valence-electron chi connectivity index (χ0n) is 20.3. The zero-order chi connectivity index (χ0) is 28.9. The summed E-state index contributed by atoms with van der Waals surface area (Å²) in [5.41, 5.74) is -7.96. The maximum absolute atomic E-state index is 13.8. The van der Waals surface area contributed by atoms with Crippen molar-refractivity contribution >= 4 is 15.9 Å². The quantitative estimate of drug-likeness (QED) is 0.390. The van der Waals surface area contributed by atoms with Crippen LogP contribution in [0, 0.1) is 5.82 Å². The molecule has 1 N–H and O–H groups in total. The highest BCUT2D eigenvalue weighted by Crippen LogP contribution is 2.51. The molecule has 0 radical (unpaired) electrons. The van der Waals surface area contributed by atoms with Crippen molar-refractivity contribution in [2.24, 2.45) is 0 Å². The first kappa shape index (κ1) is 29.7. The van der Waals surface area contributed by atoms with Crippen LogP contribution in [-0.4, -0.2) is 55.6 Å². The number of ether oxygens (including phenoxy) is 1. The monoisotopic (exact) mass is 571 g/mol. The molecular formula is C24H24F7NO5S. The van der Waals surface area contributed by atoms with E-state index in [4.69, 9.17) is 4.74 Å². The molecule has 38 heavy (non-hydrogen) atoms. The molecule has 2 aromatic rings. The summed E-state index contributed by atoms with van der Waals surface area (Å²) in [4.78, 5) is 13.3. The first-order chi connectivity index (χ1) is 17.2. The Bertz CT molecular complexity index is 1270. The molecule has 210 valence electrons. The van der Waals surface area contributed by atoms with E-state index < -0.39 is 62.2 Å². The molecular weight excluding hydrogens is 547 g/mol. The standard InChI is InChI=1S/C24H24F7NO5S/c1-20(2,3)37-19(33)32-13-12-21(14-32,38(35,36)18-10-8-17(25)9-11-18)15-4-6-16(7-5-15)22(34,23(26,27)28)24(29,30)31/h4-11,34H,12-14H2,1-3H3. The number of hydrogen-bond donors (Lipinski definition) is 1. The Hall–Kier alpha value is -2.87. The van der Waals surface area contributed by atoms with E-state index in [0.29, 0.717) is 12.1 Å². The molecule has 14 heteroatoms. The molecule has 3 rings (SSSR count). The molecule has 0 saturated carbocycles. The molecule has 1 fully saturated rings. The fraction of sp³-hybridized carbons (Fsp3) is 0.458. The molecule has 1 heterocycles. The highest BCUT2D eigenvalue weighted by Gasteiger charge is 2.71. The third kappa shape index (κ3) is 5.07. The van der Waals surface area contributed by atoms with E-state index in [2.05, 4.69) is 0 Å². The summed E-state index contributed by atoms with van der Waals surface area (Å²) >= 11 is 0. The Morgan fingerprint density at radius 2 is 1.42 bits per heavy atom. The van der Waals surface area contributed by atoms with E-state index in [1.54, 1.807) is 20.8 Å². The first-order valence-corrected chi connectivity index (χ1v) is 12.6. The van der Waals surface area contributed by atoms with Crippen molar-refractivity contribution in [3.05, 3.63) is 65.5 Å². The highest BCUT2D eigenvalue weighted by molar-refractivity contribution is 7.92. The number of hydrogen-bond acceptors (Lipinski definition) is 5. The SMILES string of the molecule is CC(C)(C)OC(=O)N1CCC(c2ccc(C(O)(C(F)(F)F)C(F)(F)F)cc2)(S(=O)(=O)c2ccc(F)cc2)C1. The topological polar surface area (TPSA) is 83.9 Å². The highest BCUT2D eigenvalue weighted by atomic mass is 32.2. The lowest BCUT2D eigenvalue weighted by Gasteiger charge is -2.34. The van der Waals surface area contributed by atoms with Gasteiger partial charge in [-0.25, -0.2) is 17.6 Å². The van der Waals surface area contributed by atoms with Gasteiger partial charge in [0.2, 0.25) is 0 Å². The number of alkyl halides is 6. The van der Waals surface area contributed by atoms with Crippen LogP contribution in [0.5, 0.6) is 0 Å². The molecule has 0 spiro atoms. The number of sulfone groups is 1. The average Bonchev–Trinajstić information content (AvgIpc) is 3.24. The number of rotatable bonds is 4. The predicted molar refractivity (Wildman–Crippen MR) is 120 cm³/mol. The minimum atomic E-state index is -6.13. The summed E-state index contributed by atoms with van der Waals surface area (Å²) in [6, 6.07) is 5.82. The average molecular weight is 572 g/mol. The molecule has 1 amide bonds. The molecule has 1 unspecified atom stereocenters. The summed E-state index contributed by atoms with van der Waals surface area (Å²) in [6.07, 6.45) is -13.4. The smallest absolute Gasteiger partial charge is 0.430 e. The van der Waals surface area contributed by atoms with Crippen molar-refractivity contribution in [1.29, 1.82) is 0 Å². The van der Waals surface area contributed by atoms with Gasteiger partial charge in [-0.1, -0.05) is 24.3 Å². The summed E-state index contributed by atoms with van der Waals surface area (Å²) in [5, 5.41) is 9.69. The second-order valence-electron chi connectivity index (χ2n) is 9.89. The first-order valence-electron chi connectivity index (χ1n) is 11.1. The van der Waals surface area contributed by atoms with Crippen LogP contribution in [0.3, 0.4) is 0 Å². The van der Waals surface area contributed by atoms with Gasteiger partial charge < -0.3 is 14.7 Å². The molecule has 2 aromatic carbocycles. The number of nitrogens with zero attached hydrogens (tertiary/aromatic N) is 1. The number of halogens is 7. The van der Waals surface area contributed by atoms with Crippen LogP contribution < -0.4 is 0 Å². The third-order valence-electron chi connectivity index (χ3n) is 6.17. The number of benzene rings is 2. The molecule has 0 aromatic heterocycles. The van der Waals surface area contributed by atoms with E-state index in [0.717, 1.165) is 41.3 Å². The maximum Gasteiger partial charge on any atom is 0.430 e. The van der Waals surface area contributed by atoms with E-state index in [1.165, 1.54) is 0 Å². The molecule has 1 saturated heterocycles. The van der Waals surface area contributed by atoms with Crippen molar-refractivity contribution < 1.29 is 53.8 Å². The van der Waals surface area contributed by atoms with Crippen molar-refractivity contribution in [2.75, 3.05) is 13.1 Å². The molecule has 1 aliphatic rings. The van der Waals surface area contributed by atoms with Gasteiger partial charge in [0.05, 0.1) is 4.90 Å². The molecule has 1 aliphatic heterocycles. The van der Waals surface area contributed by atoms with Gasteiger partial charge in [-0.05, 0) is 57.0 Å². The molecule has 0 bridgehead atoms. The largest absolute Gasteiger partial charge is 0.444 e. The summed E-state index contributed by atoms with van der Waals surface area (Å²) in [5.74, 6) is -0.747. The zero-order valence-corrected chi connectivity index (χ0v) is 21.1. The minimum absolute atomic E-state index is 0.174. The molecule has 6 nitrogen and oxygen atoms in total. The lowest BCUT2D eigenvalue weighted by Crippen LogP contribution is -2.54. The summed E-state index contributed by atoms with van der Waals surface area (Å²) < 4.78 is 124. The van der Waals surface area contributed by atoms with Gasteiger partial charge in [0.25, 0.3) is 5.60 Å². The van der Waals surface area contributed by atoms with Crippen LogP contribution in [0.25, 0.3) is 0 Å². The third-order valence-corrected chi connectivity index (χ3v) is 8.66. The molecule has 1 atom stereocenters. The van der Waals surface area contributed by atoms with Gasteiger partial charge in [-0.15, -0.1) is 0 Å². The number of carbonyl (C=O) groups is 1. The van der Waals surface area contributed by atoms with E-state index in [-0.39, 0.29) is 23.4 Å². The van der Waals surface area contributed by atoms with Gasteiger partial charge in [-0.3, -0.25) is 0 Å². The van der Waals surface area contributed by atoms with Gasteiger partial charge in [-0.2, -0.15) is 26.3 Å². The predicted octanol–water partition coefficient (Wildman–Crippen LogP) is 5.45. The Morgan fingerprint density at radius 3 is 1.87 bits per heavy atom. The van der Waals surface area contributed by atoms with Crippen molar-refractivity contribution in [2.45, 2.75) is 60.4 Å². The fourth-order valence-corrected chi connectivity index (χ4v) is 6.29. The Balaban J connectivity index is 2.15. The minimum Gasteiger partial charge on any atom is -0.444 e. The van der Waals surface area contributed by atoms with Crippen molar-refractivity contribution in [1.82, 2.24) is 4.90 Å². The second-order valence-corrected chi connectivity index (χ2v) is 12.1. The summed E-state index contributed by atoms with van der Waals surface area (Å²) in [7, 11) is -4.51. The number of amides is 1. The normalized spacial score (nSPS) is 19.5. The van der Waals surface area contributed by atoms with E-state index in [9.17, 15) is 49.1 Å². The van der Waals surface area contributed by atoms with Gasteiger partial charge in [0.1, 0.15) is 16.2 Å². The number of likely N-dealkylation sites (tertiary alicyclic amines) is 1. The van der Waals surface area contributed by atoms with Crippen molar-refractivity contribution in [3.8, 4) is 0 Å². The van der Waals surface area contributed by atoms with E-state index >= 15 is 0 Å². The lowest BCUT2D eigenvalue weighted by molar-refractivity contribution is -0.376. The lowest BCUT2D eigenvalue weighted by atomic mass is 9.89. The van der Waals surface area contributed by atoms with Gasteiger partial charge in [0, 0.05) is 18.7 Å². The Labute approximate surface area is 213 Å². The number of aliphatic hydroxyl groups is 1. The van der Waals surface area contributed by atoms with Crippen LogP contribution >= 0.6 is 0 Å². The van der Waals surface area contributed by atoms with Crippen LogP contribution in [0.4, 0.5) is 35.5 Å². The second kappa shape index (κ2) is 9.40. The Morgan fingerprint density at radius 1 is 0.921 bits per heavy atom. The van der Waals surface area contributed by atoms with Crippen LogP contribution in [-0.2, 0) is 24.9 Å². The fourth-order valence-electron chi connectivity index (χ4n) is 4.22. The van der Waals surface area contributed by atoms with Gasteiger partial charge in [0.15, 0.2) is 9.84 Å². The van der Waals surface area contributed by atoms with Crippen LogP contribution in [0.15, 0.2) is 53.4 Å². The maximum atomic E-state index is 13.8.